The number of ether oxygens (including phenoxy) is 9. The van der Waals surface area contributed by atoms with Crippen molar-refractivity contribution in [2.75, 3.05) is 35.5 Å². The molecule has 0 bridgehead atoms. The molecule has 0 saturated carbocycles. The van der Waals surface area contributed by atoms with Gasteiger partial charge in [-0.25, -0.2) is 0 Å². The maximum absolute atomic E-state index is 11.9. The van der Waals surface area contributed by atoms with Crippen LogP contribution in [0.15, 0.2) is 72.8 Å². The monoisotopic (exact) mass is 1010 g/mol. The third kappa shape index (κ3) is 16.6. The number of rotatable bonds is 32. The first-order chi connectivity index (χ1) is 35.0. The fourth-order valence-electron chi connectivity index (χ4n) is 7.79. The first-order valence-corrected chi connectivity index (χ1v) is 23.1. The summed E-state index contributed by atoms with van der Waals surface area (Å²) in [6.45, 7) is -0.212. The van der Waals surface area contributed by atoms with Crippen LogP contribution in [-0.2, 0) is 82.5 Å². The standard InChI is InChI=1S/C54H60O19/c1-65-41-13-8-33(9-16-51(57)58)37(21-41)28-71-47-22-35(11-18-53(61)62)39(26-43(47)67-3)30-73-49-24-36(12-19-54(63)64)40(27-45(49)69-5)31-72-48-23-34(10-17-52(59)60)38(25-44(48)68-4)29-70-46-20-32(7-15-50(55)56)6-14-42(46)66-2/h6,8,13-14,20-27H,7,9-12,15-19,28-31H2,1-5H3,(H,55,56)(H,57,58)(H,59,60)(H,61,62)(H,63,64). The van der Waals surface area contributed by atoms with Crippen LogP contribution in [0.5, 0.6) is 51.7 Å². The lowest BCUT2D eigenvalue weighted by Gasteiger charge is -2.20. The number of benzene rings is 5. The summed E-state index contributed by atoms with van der Waals surface area (Å²) in [6.07, 6.45) is -0.0182. The number of aryl methyl sites for hydroxylation is 5. The van der Waals surface area contributed by atoms with Gasteiger partial charge in [0, 0.05) is 32.1 Å². The zero-order valence-electron chi connectivity index (χ0n) is 41.3. The van der Waals surface area contributed by atoms with Crippen molar-refractivity contribution in [2.24, 2.45) is 0 Å². The molecule has 0 amide bonds. The van der Waals surface area contributed by atoms with Crippen LogP contribution < -0.4 is 42.6 Å². The summed E-state index contributed by atoms with van der Waals surface area (Å²) in [6, 6.07) is 20.4. The van der Waals surface area contributed by atoms with E-state index in [0.717, 1.165) is 11.1 Å². The van der Waals surface area contributed by atoms with E-state index in [1.165, 1.54) is 35.5 Å². The highest BCUT2D eigenvalue weighted by atomic mass is 16.5. The van der Waals surface area contributed by atoms with Crippen LogP contribution in [0.2, 0.25) is 0 Å². The van der Waals surface area contributed by atoms with Gasteiger partial charge in [-0.2, -0.15) is 0 Å². The molecule has 0 fully saturated rings. The molecule has 5 N–H and O–H groups in total. The third-order valence-corrected chi connectivity index (χ3v) is 11.7. The summed E-state index contributed by atoms with van der Waals surface area (Å²) >= 11 is 0. The van der Waals surface area contributed by atoms with Crippen LogP contribution in [0, 0.1) is 0 Å². The predicted octanol–water partition coefficient (Wildman–Crippen LogP) is 8.13. The van der Waals surface area contributed by atoms with Crippen molar-refractivity contribution in [2.45, 2.75) is 90.6 Å². The maximum Gasteiger partial charge on any atom is 0.303 e. The van der Waals surface area contributed by atoms with Gasteiger partial charge in [-0.3, -0.25) is 24.0 Å². The number of aliphatic carboxylic acids is 5. The summed E-state index contributed by atoms with van der Waals surface area (Å²) in [5.74, 6) is -1.94. The Labute approximate surface area is 421 Å². The topological polar surface area (TPSA) is 270 Å². The van der Waals surface area contributed by atoms with E-state index in [9.17, 15) is 49.5 Å². The number of methoxy groups -OCH3 is 5. The molecule has 0 heterocycles. The summed E-state index contributed by atoms with van der Waals surface area (Å²) in [7, 11) is 7.33. The minimum absolute atomic E-state index is 0.0212. The lowest BCUT2D eigenvalue weighted by atomic mass is 10.0. The van der Waals surface area contributed by atoms with Gasteiger partial charge in [0.05, 0.1) is 35.5 Å². The van der Waals surface area contributed by atoms with E-state index in [4.69, 9.17) is 42.6 Å². The quantitative estimate of drug-likeness (QED) is 0.0272. The largest absolute Gasteiger partial charge is 0.497 e. The minimum atomic E-state index is -1.04. The van der Waals surface area contributed by atoms with Crippen molar-refractivity contribution < 1.29 is 92.1 Å². The fourth-order valence-corrected chi connectivity index (χ4v) is 7.79. The highest BCUT2D eigenvalue weighted by molar-refractivity contribution is 5.69. The van der Waals surface area contributed by atoms with Gasteiger partial charge in [0.25, 0.3) is 0 Å². The molecule has 0 spiro atoms. The Bertz CT molecular complexity index is 2750. The van der Waals surface area contributed by atoms with E-state index in [2.05, 4.69) is 0 Å². The molecule has 19 nitrogen and oxygen atoms in total. The molecule has 0 aliphatic rings. The van der Waals surface area contributed by atoms with Gasteiger partial charge >= 0.3 is 29.8 Å². The number of carboxylic acids is 5. The molecule has 5 aromatic carbocycles. The fraction of sp³-hybridized carbons (Fsp3) is 0.352. The number of carbonyl (C=O) groups is 5. The average Bonchev–Trinajstić information content (AvgIpc) is 3.37. The number of carboxylic acid groups (broad SMARTS) is 5. The van der Waals surface area contributed by atoms with Gasteiger partial charge in [0.15, 0.2) is 46.0 Å². The van der Waals surface area contributed by atoms with Crippen molar-refractivity contribution in [3.8, 4) is 51.7 Å². The van der Waals surface area contributed by atoms with E-state index in [-0.39, 0.29) is 108 Å². The molecule has 0 aliphatic carbocycles. The molecule has 0 radical (unpaired) electrons. The van der Waals surface area contributed by atoms with Crippen LogP contribution in [0.1, 0.15) is 82.2 Å². The van der Waals surface area contributed by atoms with Gasteiger partial charge in [-0.1, -0.05) is 12.1 Å². The van der Waals surface area contributed by atoms with E-state index in [0.29, 0.717) is 73.4 Å². The summed E-state index contributed by atoms with van der Waals surface area (Å²) < 4.78 is 53.2. The molecule has 19 heteroatoms. The summed E-state index contributed by atoms with van der Waals surface area (Å²) in [5.41, 5.74) is 5.61. The van der Waals surface area contributed by atoms with E-state index in [1.54, 1.807) is 72.8 Å². The third-order valence-electron chi connectivity index (χ3n) is 11.7. The molecular weight excluding hydrogens is 953 g/mol. The second-order valence-corrected chi connectivity index (χ2v) is 16.6. The second kappa shape index (κ2) is 27.3. The maximum atomic E-state index is 11.9. The van der Waals surface area contributed by atoms with Gasteiger partial charge in [0.2, 0.25) is 0 Å². The zero-order chi connectivity index (χ0) is 53.0. The molecule has 0 atom stereocenters. The van der Waals surface area contributed by atoms with Crippen LogP contribution in [0.4, 0.5) is 0 Å². The van der Waals surface area contributed by atoms with Crippen LogP contribution in [0.3, 0.4) is 0 Å². The van der Waals surface area contributed by atoms with E-state index in [1.807, 2.05) is 0 Å². The van der Waals surface area contributed by atoms with Crippen LogP contribution >= 0.6 is 0 Å². The van der Waals surface area contributed by atoms with Crippen LogP contribution in [-0.4, -0.2) is 90.9 Å². The van der Waals surface area contributed by atoms with Crippen molar-refractivity contribution in [1.29, 1.82) is 0 Å². The average molecular weight is 1010 g/mol. The summed E-state index contributed by atoms with van der Waals surface area (Å²) in [5, 5.41) is 47.5. The molecule has 5 aromatic rings. The Hall–Kier alpha value is -8.35. The Kier molecular flexibility index (Phi) is 20.8. The van der Waals surface area contributed by atoms with Gasteiger partial charge in [-0.15, -0.1) is 0 Å². The van der Waals surface area contributed by atoms with Gasteiger partial charge < -0.3 is 68.2 Å². The minimum Gasteiger partial charge on any atom is -0.497 e. The molecular formula is C54H60O19. The van der Waals surface area contributed by atoms with Crippen molar-refractivity contribution in [3.05, 3.63) is 123 Å². The molecule has 0 unspecified atom stereocenters. The smallest absolute Gasteiger partial charge is 0.303 e. The normalized spacial score (nSPS) is 10.8. The van der Waals surface area contributed by atoms with E-state index < -0.39 is 29.8 Å². The Balaban J connectivity index is 1.42. The molecule has 0 aliphatic heterocycles. The molecule has 0 saturated heterocycles. The first kappa shape index (κ1) is 55.6. The molecule has 0 aromatic heterocycles. The number of hydrogen-bond acceptors (Lipinski definition) is 14. The Morgan fingerprint density at radius 3 is 0.973 bits per heavy atom. The SMILES string of the molecule is COc1ccc(CCC(=O)O)c(COc2cc(CCC(=O)O)c(COc3cc(CCC(=O)O)c(COc4cc(CCC(=O)O)c(COc5cc(CCC(=O)O)ccc5OC)cc4OC)cc3OC)cc2OC)c1. The lowest BCUT2D eigenvalue weighted by molar-refractivity contribution is -0.138. The van der Waals surface area contributed by atoms with Gasteiger partial charge in [0.1, 0.15) is 32.2 Å². The first-order valence-electron chi connectivity index (χ1n) is 23.1. The zero-order valence-corrected chi connectivity index (χ0v) is 41.3. The highest BCUT2D eigenvalue weighted by Crippen LogP contribution is 2.39. The molecule has 73 heavy (non-hydrogen) atoms. The Morgan fingerprint density at radius 2 is 0.630 bits per heavy atom. The van der Waals surface area contributed by atoms with Crippen molar-refractivity contribution in [1.82, 2.24) is 0 Å². The van der Waals surface area contributed by atoms with Crippen molar-refractivity contribution in [3.63, 3.8) is 0 Å². The van der Waals surface area contributed by atoms with Gasteiger partial charge in [-0.05, 0) is 143 Å². The molecule has 390 valence electrons. The lowest BCUT2D eigenvalue weighted by Crippen LogP contribution is -2.09. The summed E-state index contributed by atoms with van der Waals surface area (Å²) in [4.78, 5) is 58.0. The second-order valence-electron chi connectivity index (χ2n) is 16.6. The predicted molar refractivity (Wildman–Crippen MR) is 262 cm³/mol. The molecule has 5 rings (SSSR count). The highest BCUT2D eigenvalue weighted by Gasteiger charge is 2.21. The van der Waals surface area contributed by atoms with Crippen molar-refractivity contribution >= 4 is 29.8 Å². The Morgan fingerprint density at radius 1 is 0.315 bits per heavy atom. The van der Waals surface area contributed by atoms with Crippen LogP contribution in [0.25, 0.3) is 0 Å². The van der Waals surface area contributed by atoms with E-state index >= 15 is 0 Å². The number of hydrogen-bond donors (Lipinski definition) is 5.